The van der Waals surface area contributed by atoms with Gasteiger partial charge in [0.1, 0.15) is 23.8 Å². The Balaban J connectivity index is 1.76. The Bertz CT molecular complexity index is 774. The third-order valence-electron chi connectivity index (χ3n) is 3.25. The summed E-state index contributed by atoms with van der Waals surface area (Å²) in [4.78, 5) is 13.3. The van der Waals surface area contributed by atoms with E-state index in [0.29, 0.717) is 12.4 Å². The van der Waals surface area contributed by atoms with E-state index in [1.54, 1.807) is 13.3 Å². The van der Waals surface area contributed by atoms with Crippen molar-refractivity contribution < 1.29 is 9.47 Å². The van der Waals surface area contributed by atoms with E-state index in [0.717, 1.165) is 28.6 Å². The first-order chi connectivity index (χ1) is 11.2. The van der Waals surface area contributed by atoms with Gasteiger partial charge in [-0.1, -0.05) is 6.07 Å². The van der Waals surface area contributed by atoms with Crippen LogP contribution < -0.4 is 9.47 Å². The molecule has 5 nitrogen and oxygen atoms in total. The fourth-order valence-corrected chi connectivity index (χ4v) is 2.15. The molecule has 0 aliphatic heterocycles. The summed E-state index contributed by atoms with van der Waals surface area (Å²) in [7, 11) is 1.64. The summed E-state index contributed by atoms with van der Waals surface area (Å²) < 4.78 is 10.9. The lowest BCUT2D eigenvalue weighted by Crippen LogP contribution is -2.03. The first-order valence-corrected chi connectivity index (χ1v) is 7.27. The van der Waals surface area contributed by atoms with E-state index in [1.807, 2.05) is 55.5 Å². The molecule has 0 N–H and O–H groups in total. The van der Waals surface area contributed by atoms with E-state index in [1.165, 1.54) is 0 Å². The summed E-state index contributed by atoms with van der Waals surface area (Å²) >= 11 is 0. The van der Waals surface area contributed by atoms with Crippen molar-refractivity contribution in [3.8, 4) is 23.0 Å². The van der Waals surface area contributed by atoms with Crippen LogP contribution in [0, 0.1) is 6.92 Å². The lowest BCUT2D eigenvalue weighted by molar-refractivity contribution is 0.300. The monoisotopic (exact) mass is 307 g/mol. The van der Waals surface area contributed by atoms with Crippen LogP contribution in [-0.4, -0.2) is 22.1 Å². The van der Waals surface area contributed by atoms with Crippen molar-refractivity contribution >= 4 is 0 Å². The van der Waals surface area contributed by atoms with Crippen molar-refractivity contribution in [3.05, 3.63) is 66.1 Å². The molecule has 0 radical (unpaired) electrons. The Morgan fingerprint density at radius 3 is 2.43 bits per heavy atom. The lowest BCUT2D eigenvalue weighted by Gasteiger charge is -2.08. The van der Waals surface area contributed by atoms with Crippen molar-refractivity contribution in [1.29, 1.82) is 0 Å². The van der Waals surface area contributed by atoms with Crippen LogP contribution in [-0.2, 0) is 6.61 Å². The zero-order chi connectivity index (χ0) is 16.1. The molecule has 0 aliphatic rings. The van der Waals surface area contributed by atoms with Crippen molar-refractivity contribution in [2.75, 3.05) is 7.11 Å². The minimum atomic E-state index is 0.371. The molecule has 3 rings (SSSR count). The molecule has 0 saturated heterocycles. The van der Waals surface area contributed by atoms with Crippen LogP contribution in [0.25, 0.3) is 11.5 Å². The van der Waals surface area contributed by atoms with E-state index in [-0.39, 0.29) is 0 Å². The van der Waals surface area contributed by atoms with E-state index < -0.39 is 0 Å². The topological polar surface area (TPSA) is 57.1 Å². The first-order valence-electron chi connectivity index (χ1n) is 7.27. The molecule has 0 fully saturated rings. The highest BCUT2D eigenvalue weighted by Crippen LogP contribution is 2.19. The molecule has 116 valence electrons. The van der Waals surface area contributed by atoms with Crippen LogP contribution in [0.2, 0.25) is 0 Å². The number of nitrogens with zero attached hydrogens (tertiary/aromatic N) is 3. The number of benzene rings is 1. The molecule has 5 heteroatoms. The number of aryl methyl sites for hydroxylation is 1. The zero-order valence-electron chi connectivity index (χ0n) is 13.1. The summed E-state index contributed by atoms with van der Waals surface area (Å²) in [6, 6.07) is 15.0. The van der Waals surface area contributed by atoms with Gasteiger partial charge >= 0.3 is 0 Å². The predicted molar refractivity (Wildman–Crippen MR) is 87.3 cm³/mol. The van der Waals surface area contributed by atoms with Crippen LogP contribution >= 0.6 is 0 Å². The number of aromatic nitrogens is 3. The van der Waals surface area contributed by atoms with E-state index in [4.69, 9.17) is 9.47 Å². The Hall–Kier alpha value is -2.95. The van der Waals surface area contributed by atoms with Crippen LogP contribution in [0.1, 0.15) is 11.4 Å². The highest BCUT2D eigenvalue weighted by molar-refractivity contribution is 5.48. The Morgan fingerprint density at radius 1 is 0.957 bits per heavy atom. The second-order valence-corrected chi connectivity index (χ2v) is 5.00. The Morgan fingerprint density at radius 2 is 1.74 bits per heavy atom. The number of rotatable bonds is 5. The van der Waals surface area contributed by atoms with E-state index >= 15 is 0 Å². The highest BCUT2D eigenvalue weighted by Gasteiger charge is 2.06. The Kier molecular flexibility index (Phi) is 4.47. The minimum absolute atomic E-state index is 0.371. The quantitative estimate of drug-likeness (QED) is 0.722. The molecule has 2 heterocycles. The molecule has 0 bridgehead atoms. The van der Waals surface area contributed by atoms with Gasteiger partial charge in [0.25, 0.3) is 0 Å². The highest BCUT2D eigenvalue weighted by atomic mass is 16.5. The van der Waals surface area contributed by atoms with E-state index in [2.05, 4.69) is 15.0 Å². The van der Waals surface area contributed by atoms with Crippen LogP contribution in [0.4, 0.5) is 0 Å². The smallest absolute Gasteiger partial charge is 0.178 e. The second-order valence-electron chi connectivity index (χ2n) is 5.00. The number of hydrogen-bond acceptors (Lipinski definition) is 5. The van der Waals surface area contributed by atoms with Crippen LogP contribution in [0.15, 0.2) is 54.7 Å². The van der Waals surface area contributed by atoms with Crippen molar-refractivity contribution in [2.24, 2.45) is 0 Å². The second kappa shape index (κ2) is 6.87. The third-order valence-corrected chi connectivity index (χ3v) is 3.25. The zero-order valence-corrected chi connectivity index (χ0v) is 13.1. The summed E-state index contributed by atoms with van der Waals surface area (Å²) in [5, 5.41) is 0. The molecule has 3 aromatic rings. The maximum absolute atomic E-state index is 5.77. The summed E-state index contributed by atoms with van der Waals surface area (Å²) in [6.07, 6.45) is 1.73. The summed E-state index contributed by atoms with van der Waals surface area (Å²) in [6.45, 7) is 2.31. The number of ether oxygens (including phenoxy) is 2. The maximum atomic E-state index is 5.77. The molecule has 0 atom stereocenters. The fourth-order valence-electron chi connectivity index (χ4n) is 2.15. The fraction of sp³-hybridized carbons (Fsp3) is 0.167. The van der Waals surface area contributed by atoms with Gasteiger partial charge in [0.15, 0.2) is 5.82 Å². The molecular weight excluding hydrogens is 290 g/mol. The van der Waals surface area contributed by atoms with Gasteiger partial charge in [-0.25, -0.2) is 9.97 Å². The van der Waals surface area contributed by atoms with Gasteiger partial charge in [0, 0.05) is 11.9 Å². The van der Waals surface area contributed by atoms with Gasteiger partial charge in [0.05, 0.1) is 12.8 Å². The molecule has 0 amide bonds. The van der Waals surface area contributed by atoms with Crippen molar-refractivity contribution in [2.45, 2.75) is 13.5 Å². The standard InChI is InChI=1S/C18H17N3O2/c1-13-11-14(12-23-16-8-6-15(22-2)7-9-16)21-18(20-13)17-5-3-4-10-19-17/h3-11H,12H2,1-2H3. The molecule has 23 heavy (non-hydrogen) atoms. The van der Waals surface area contributed by atoms with Gasteiger partial charge in [-0.15, -0.1) is 0 Å². The van der Waals surface area contributed by atoms with Crippen molar-refractivity contribution in [3.63, 3.8) is 0 Å². The molecule has 0 unspecified atom stereocenters. The molecule has 0 aliphatic carbocycles. The normalized spacial score (nSPS) is 10.3. The van der Waals surface area contributed by atoms with Crippen molar-refractivity contribution in [1.82, 2.24) is 15.0 Å². The van der Waals surface area contributed by atoms with Gasteiger partial charge in [-0.2, -0.15) is 0 Å². The van der Waals surface area contributed by atoms with E-state index in [9.17, 15) is 0 Å². The lowest BCUT2D eigenvalue weighted by atomic mass is 10.3. The maximum Gasteiger partial charge on any atom is 0.178 e. The van der Waals surface area contributed by atoms with Crippen LogP contribution in [0.3, 0.4) is 0 Å². The number of pyridine rings is 1. The SMILES string of the molecule is COc1ccc(OCc2cc(C)nc(-c3ccccn3)n2)cc1. The third kappa shape index (κ3) is 3.83. The number of methoxy groups -OCH3 is 1. The molecule has 0 spiro atoms. The van der Waals surface area contributed by atoms with Gasteiger partial charge in [0.2, 0.25) is 0 Å². The molecule has 1 aromatic carbocycles. The average Bonchev–Trinajstić information content (AvgIpc) is 2.61. The van der Waals surface area contributed by atoms with Crippen LogP contribution in [0.5, 0.6) is 11.5 Å². The molecule has 0 saturated carbocycles. The number of hydrogen-bond donors (Lipinski definition) is 0. The molecular formula is C18H17N3O2. The average molecular weight is 307 g/mol. The largest absolute Gasteiger partial charge is 0.497 e. The summed E-state index contributed by atoms with van der Waals surface area (Å²) in [5.74, 6) is 2.17. The van der Waals surface area contributed by atoms with Gasteiger partial charge < -0.3 is 9.47 Å². The summed E-state index contributed by atoms with van der Waals surface area (Å²) in [5.41, 5.74) is 2.45. The van der Waals surface area contributed by atoms with Gasteiger partial charge in [-0.3, -0.25) is 4.98 Å². The Labute approximate surface area is 135 Å². The minimum Gasteiger partial charge on any atom is -0.497 e. The first kappa shape index (κ1) is 15.0. The predicted octanol–water partition coefficient (Wildman–Crippen LogP) is 3.43. The molecule has 2 aromatic heterocycles. The van der Waals surface area contributed by atoms with Gasteiger partial charge in [-0.05, 0) is 49.4 Å².